The van der Waals surface area contributed by atoms with Gasteiger partial charge in [0.2, 0.25) is 12.7 Å². The van der Waals surface area contributed by atoms with Gasteiger partial charge in [0.1, 0.15) is 6.10 Å². The lowest BCUT2D eigenvalue weighted by Gasteiger charge is -2.44. The van der Waals surface area contributed by atoms with Crippen molar-refractivity contribution >= 4 is 17.6 Å². The van der Waals surface area contributed by atoms with Crippen LogP contribution in [-0.4, -0.2) is 116 Å². The number of ether oxygens (including phenoxy) is 4. The highest BCUT2D eigenvalue weighted by Gasteiger charge is 2.40. The fourth-order valence-corrected chi connectivity index (χ4v) is 5.12. The molecule has 0 spiro atoms. The molecule has 1 aromatic carbocycles. The van der Waals surface area contributed by atoms with Gasteiger partial charge < -0.3 is 44.1 Å². The number of carbonyl (C=O) groups excluding carboxylic acids is 2. The largest absolute Gasteiger partial charge is 0.454 e. The lowest BCUT2D eigenvalue weighted by Crippen LogP contribution is -2.58. The van der Waals surface area contributed by atoms with E-state index >= 15 is 0 Å². The fourth-order valence-electron chi connectivity index (χ4n) is 5.12. The molecule has 3 amide bonds. The number of amides is 3. The second-order valence-electron chi connectivity index (χ2n) is 9.67. The number of nitrogens with one attached hydrogen (secondary N) is 1. The van der Waals surface area contributed by atoms with E-state index in [2.05, 4.69) is 17.3 Å². The molecule has 0 aromatic heterocycles. The summed E-state index contributed by atoms with van der Waals surface area (Å²) in [5.74, 6) is 1.33. The van der Waals surface area contributed by atoms with Crippen molar-refractivity contribution in [2.75, 3.05) is 65.1 Å². The van der Waals surface area contributed by atoms with Crippen LogP contribution in [0.4, 0.5) is 10.5 Å². The Balaban J connectivity index is 1.23. The number of hydrogen-bond donors (Lipinski definition) is 2. The van der Waals surface area contributed by atoms with Crippen LogP contribution in [0.15, 0.2) is 18.2 Å². The number of β-amino-alcohol motifs (C(OH)–C–C–N with tert-alkyl or cyclic N) is 1. The van der Waals surface area contributed by atoms with Gasteiger partial charge in [0.25, 0.3) is 0 Å². The quantitative estimate of drug-likeness (QED) is 0.638. The van der Waals surface area contributed by atoms with Crippen LogP contribution >= 0.6 is 0 Å². The highest BCUT2D eigenvalue weighted by molar-refractivity contribution is 5.90. The first kappa shape index (κ1) is 24.1. The Morgan fingerprint density at radius 3 is 2.71 bits per heavy atom. The molecule has 1 aromatic rings. The summed E-state index contributed by atoms with van der Waals surface area (Å²) in [7, 11) is 2.06. The molecule has 0 radical (unpaired) electrons. The number of benzene rings is 1. The highest BCUT2D eigenvalue weighted by Crippen LogP contribution is 2.35. The topological polar surface area (TPSA) is 113 Å². The van der Waals surface area contributed by atoms with Crippen molar-refractivity contribution in [1.82, 2.24) is 14.7 Å². The van der Waals surface area contributed by atoms with E-state index in [0.717, 1.165) is 26.2 Å². The monoisotopic (exact) mass is 490 g/mol. The second kappa shape index (κ2) is 10.6. The van der Waals surface area contributed by atoms with Crippen molar-refractivity contribution in [2.45, 2.75) is 43.6 Å². The molecule has 0 aliphatic carbocycles. The van der Waals surface area contributed by atoms with E-state index in [4.69, 9.17) is 18.9 Å². The van der Waals surface area contributed by atoms with Crippen molar-refractivity contribution < 1.29 is 33.6 Å². The molecular weight excluding hydrogens is 456 g/mol. The number of fused-ring (bicyclic) bond motifs is 2. The number of anilines is 1. The van der Waals surface area contributed by atoms with Crippen LogP contribution in [0, 0.1) is 0 Å². The van der Waals surface area contributed by atoms with Gasteiger partial charge in [-0.25, -0.2) is 4.79 Å². The first-order valence-electron chi connectivity index (χ1n) is 12.3. The number of rotatable bonds is 3. The summed E-state index contributed by atoms with van der Waals surface area (Å²) >= 11 is 0. The van der Waals surface area contributed by atoms with Crippen LogP contribution in [0.2, 0.25) is 0 Å². The van der Waals surface area contributed by atoms with E-state index in [1.165, 1.54) is 0 Å². The zero-order chi connectivity index (χ0) is 24.4. The predicted molar refractivity (Wildman–Crippen MR) is 125 cm³/mol. The SMILES string of the molecule is CN1CCN(C(=O)C[C@@H]2CC[C@@H]3[C@H](COC[C@@H](O)CN3C(=O)Nc3ccc4c(c3)OCO4)O2)CC1. The van der Waals surface area contributed by atoms with Crippen LogP contribution in [0.5, 0.6) is 11.5 Å². The van der Waals surface area contributed by atoms with Crippen molar-refractivity contribution in [1.29, 1.82) is 0 Å². The summed E-state index contributed by atoms with van der Waals surface area (Å²) in [6.45, 7) is 3.90. The molecule has 192 valence electrons. The summed E-state index contributed by atoms with van der Waals surface area (Å²) in [4.78, 5) is 31.9. The van der Waals surface area contributed by atoms with Crippen molar-refractivity contribution in [3.05, 3.63) is 18.2 Å². The van der Waals surface area contributed by atoms with Gasteiger partial charge in [-0.3, -0.25) is 4.79 Å². The minimum Gasteiger partial charge on any atom is -0.454 e. The van der Waals surface area contributed by atoms with Gasteiger partial charge in [0, 0.05) is 37.9 Å². The average Bonchev–Trinajstić information content (AvgIpc) is 3.30. The summed E-state index contributed by atoms with van der Waals surface area (Å²) in [5.41, 5.74) is 0.580. The number of nitrogens with zero attached hydrogens (tertiary/aromatic N) is 3. The maximum atomic E-state index is 13.3. The van der Waals surface area contributed by atoms with Gasteiger partial charge in [-0.2, -0.15) is 0 Å². The van der Waals surface area contributed by atoms with E-state index in [-0.39, 0.29) is 56.7 Å². The number of piperazine rings is 1. The van der Waals surface area contributed by atoms with E-state index in [1.807, 2.05) is 4.90 Å². The van der Waals surface area contributed by atoms with E-state index in [9.17, 15) is 14.7 Å². The van der Waals surface area contributed by atoms with Crippen LogP contribution in [0.3, 0.4) is 0 Å². The minimum absolute atomic E-state index is 0.112. The van der Waals surface area contributed by atoms with E-state index < -0.39 is 6.10 Å². The molecule has 4 aliphatic heterocycles. The Bertz CT molecular complexity index is 923. The van der Waals surface area contributed by atoms with Crippen LogP contribution < -0.4 is 14.8 Å². The number of urea groups is 1. The van der Waals surface area contributed by atoms with Crippen molar-refractivity contribution in [3.63, 3.8) is 0 Å². The Hall–Kier alpha value is -2.60. The number of aliphatic hydroxyl groups is 1. The molecule has 35 heavy (non-hydrogen) atoms. The molecule has 4 heterocycles. The van der Waals surface area contributed by atoms with Crippen LogP contribution in [-0.2, 0) is 14.3 Å². The lowest BCUT2D eigenvalue weighted by atomic mass is 9.94. The summed E-state index contributed by atoms with van der Waals surface area (Å²) < 4.78 is 22.7. The molecule has 11 nitrogen and oxygen atoms in total. The van der Waals surface area contributed by atoms with Gasteiger partial charge in [-0.15, -0.1) is 0 Å². The Labute approximate surface area is 204 Å². The first-order valence-corrected chi connectivity index (χ1v) is 12.3. The number of likely N-dealkylation sites (N-methyl/N-ethyl adjacent to an activating group) is 1. The predicted octanol–water partition coefficient (Wildman–Crippen LogP) is 0.721. The third kappa shape index (κ3) is 5.64. The number of aliphatic hydroxyl groups excluding tert-OH is 1. The number of hydrogen-bond acceptors (Lipinski definition) is 8. The van der Waals surface area contributed by atoms with Crippen molar-refractivity contribution in [3.8, 4) is 11.5 Å². The molecule has 11 heteroatoms. The molecule has 3 saturated heterocycles. The normalized spacial score (nSPS) is 29.2. The Morgan fingerprint density at radius 1 is 1.09 bits per heavy atom. The lowest BCUT2D eigenvalue weighted by molar-refractivity contribution is -0.155. The summed E-state index contributed by atoms with van der Waals surface area (Å²) in [6, 6.07) is 4.63. The molecular formula is C24H34N4O7. The third-order valence-electron chi connectivity index (χ3n) is 7.12. The van der Waals surface area contributed by atoms with Gasteiger partial charge in [-0.1, -0.05) is 0 Å². The maximum absolute atomic E-state index is 13.3. The molecule has 4 atom stereocenters. The van der Waals surface area contributed by atoms with Crippen LogP contribution in [0.1, 0.15) is 19.3 Å². The molecule has 4 aliphatic rings. The standard InChI is InChI=1S/C24H34N4O7/c1-26-6-8-27(9-7-26)23(30)11-18-3-4-19-22(35-18)14-32-13-17(29)12-28(19)24(31)25-16-2-5-20-21(10-16)34-15-33-20/h2,5,10,17-19,22,29H,3-4,6-9,11-15H2,1H3,(H,25,31)/t17-,18-,19+,22-/m0/s1. The number of carbonyl (C=O) groups is 2. The highest BCUT2D eigenvalue weighted by atomic mass is 16.7. The van der Waals surface area contributed by atoms with Gasteiger partial charge in [0.15, 0.2) is 11.5 Å². The summed E-state index contributed by atoms with van der Waals surface area (Å²) in [5, 5.41) is 13.3. The molecule has 5 rings (SSSR count). The van der Waals surface area contributed by atoms with E-state index in [1.54, 1.807) is 23.1 Å². The Morgan fingerprint density at radius 2 is 1.89 bits per heavy atom. The zero-order valence-corrected chi connectivity index (χ0v) is 20.1. The van der Waals surface area contributed by atoms with Gasteiger partial charge in [-0.05, 0) is 32.0 Å². The molecule has 2 N–H and O–H groups in total. The van der Waals surface area contributed by atoms with Crippen LogP contribution in [0.25, 0.3) is 0 Å². The second-order valence-corrected chi connectivity index (χ2v) is 9.67. The van der Waals surface area contributed by atoms with Crippen molar-refractivity contribution in [2.24, 2.45) is 0 Å². The first-order chi connectivity index (χ1) is 17.0. The van der Waals surface area contributed by atoms with E-state index in [0.29, 0.717) is 36.4 Å². The van der Waals surface area contributed by atoms with Gasteiger partial charge >= 0.3 is 6.03 Å². The molecule has 0 unspecified atom stereocenters. The average molecular weight is 491 g/mol. The maximum Gasteiger partial charge on any atom is 0.322 e. The fraction of sp³-hybridized carbons (Fsp3) is 0.667. The smallest absolute Gasteiger partial charge is 0.322 e. The Kier molecular flexibility index (Phi) is 7.28. The third-order valence-corrected chi connectivity index (χ3v) is 7.12. The molecule has 0 saturated carbocycles. The zero-order valence-electron chi connectivity index (χ0n) is 20.1. The molecule has 0 bridgehead atoms. The summed E-state index contributed by atoms with van der Waals surface area (Å²) in [6.07, 6.45) is 0.272. The van der Waals surface area contributed by atoms with Gasteiger partial charge in [0.05, 0.1) is 44.4 Å². The minimum atomic E-state index is -0.796. The molecule has 3 fully saturated rings.